The zero-order chi connectivity index (χ0) is 16.4. The van der Waals surface area contributed by atoms with E-state index in [0.29, 0.717) is 25.5 Å². The van der Waals surface area contributed by atoms with E-state index in [1.165, 1.54) is 0 Å². The van der Waals surface area contributed by atoms with Crippen molar-refractivity contribution in [3.8, 4) is 5.75 Å². The summed E-state index contributed by atoms with van der Waals surface area (Å²) >= 11 is 0. The van der Waals surface area contributed by atoms with Crippen molar-refractivity contribution < 1.29 is 9.53 Å². The van der Waals surface area contributed by atoms with Gasteiger partial charge in [-0.15, -0.1) is 0 Å². The number of rotatable bonds is 0. The maximum atomic E-state index is 12.4. The summed E-state index contributed by atoms with van der Waals surface area (Å²) in [6.45, 7) is 1.70. The van der Waals surface area contributed by atoms with E-state index in [9.17, 15) is 4.79 Å². The second-order valence-electron chi connectivity index (χ2n) is 5.88. The lowest BCUT2D eigenvalue weighted by atomic mass is 10.1. The van der Waals surface area contributed by atoms with Crippen LogP contribution in [-0.4, -0.2) is 48.8 Å². The molecule has 2 N–H and O–H groups in total. The number of aliphatic imine (C=N–C) groups is 2. The third-order valence-electron chi connectivity index (χ3n) is 4.26. The Labute approximate surface area is 140 Å². The molecular weight excluding hydrogens is 306 g/mol. The van der Waals surface area contributed by atoms with Crippen LogP contribution >= 0.6 is 0 Å². The van der Waals surface area contributed by atoms with Gasteiger partial charge in [-0.3, -0.25) is 9.80 Å². The van der Waals surface area contributed by atoms with Gasteiger partial charge in [0.15, 0.2) is 5.84 Å². The minimum Gasteiger partial charge on any atom is -0.493 e. The summed E-state index contributed by atoms with van der Waals surface area (Å²) in [5, 5.41) is 4.84. The van der Waals surface area contributed by atoms with Crippen molar-refractivity contribution in [3.63, 3.8) is 0 Å². The van der Waals surface area contributed by atoms with Crippen molar-refractivity contribution in [2.24, 2.45) is 15.9 Å². The molecule has 3 aliphatic rings. The molecule has 1 aromatic rings. The van der Waals surface area contributed by atoms with E-state index in [2.05, 4.69) is 20.7 Å². The van der Waals surface area contributed by atoms with Crippen LogP contribution in [0.1, 0.15) is 12.0 Å². The van der Waals surface area contributed by atoms with E-state index in [4.69, 9.17) is 4.74 Å². The summed E-state index contributed by atoms with van der Waals surface area (Å²) in [5.41, 5.74) is 4.10. The first-order valence-electron chi connectivity index (χ1n) is 8.13. The van der Waals surface area contributed by atoms with Gasteiger partial charge in [0.25, 0.3) is 0 Å². The monoisotopic (exact) mass is 325 g/mol. The normalized spacial score (nSPS) is 26.1. The molecule has 0 aliphatic carbocycles. The van der Waals surface area contributed by atoms with Crippen molar-refractivity contribution in [1.29, 1.82) is 0 Å². The number of nitrogens with zero attached hydrogens (tertiary/aromatic N) is 3. The predicted molar refractivity (Wildman–Crippen MR) is 90.9 cm³/mol. The van der Waals surface area contributed by atoms with Crippen LogP contribution in [0.4, 0.5) is 0 Å². The van der Waals surface area contributed by atoms with E-state index >= 15 is 0 Å². The summed E-state index contributed by atoms with van der Waals surface area (Å²) in [6, 6.07) is 7.77. The minimum atomic E-state index is -0.253. The van der Waals surface area contributed by atoms with Crippen LogP contribution in [0.15, 0.2) is 46.5 Å². The van der Waals surface area contributed by atoms with Gasteiger partial charge in [-0.1, -0.05) is 12.1 Å². The Bertz CT molecular complexity index is 727. The zero-order valence-electron chi connectivity index (χ0n) is 13.2. The van der Waals surface area contributed by atoms with E-state index < -0.39 is 0 Å². The molecule has 0 spiro atoms. The van der Waals surface area contributed by atoms with Crippen LogP contribution in [0.3, 0.4) is 0 Å². The lowest BCUT2D eigenvalue weighted by molar-refractivity contribution is -0.125. The average Bonchev–Trinajstić information content (AvgIpc) is 3.03. The summed E-state index contributed by atoms with van der Waals surface area (Å²) in [4.78, 5) is 21.5. The maximum absolute atomic E-state index is 12.4. The summed E-state index contributed by atoms with van der Waals surface area (Å²) in [7, 11) is 0. The van der Waals surface area contributed by atoms with Crippen LogP contribution in [-0.2, 0) is 4.79 Å². The highest BCUT2D eigenvalue weighted by Crippen LogP contribution is 2.22. The Balaban J connectivity index is 1.66. The highest BCUT2D eigenvalue weighted by molar-refractivity contribution is 6.02. The fourth-order valence-corrected chi connectivity index (χ4v) is 2.97. The fraction of sp³-hybridized carbons (Fsp3) is 0.353. The number of carbonyl (C=O) groups is 1. The second-order valence-corrected chi connectivity index (χ2v) is 5.88. The number of amides is 1. The molecule has 2 unspecified atom stereocenters. The number of carbonyl (C=O) groups excluding carboxylic acids is 1. The van der Waals surface area contributed by atoms with Crippen molar-refractivity contribution in [1.82, 2.24) is 15.8 Å². The first kappa shape index (κ1) is 14.9. The molecule has 7 nitrogen and oxygen atoms in total. The summed E-state index contributed by atoms with van der Waals surface area (Å²) < 4.78 is 5.81. The minimum absolute atomic E-state index is 0.00911. The van der Waals surface area contributed by atoms with Gasteiger partial charge in [0.1, 0.15) is 11.9 Å². The number of hydrogen-bond acceptors (Lipinski definition) is 6. The molecule has 4 rings (SSSR count). The number of nitrogens with one attached hydrogen (secondary N) is 2. The molecule has 1 amide bonds. The van der Waals surface area contributed by atoms with Gasteiger partial charge >= 0.3 is 0 Å². The van der Waals surface area contributed by atoms with Crippen molar-refractivity contribution in [2.45, 2.75) is 12.6 Å². The van der Waals surface area contributed by atoms with Gasteiger partial charge in [0, 0.05) is 31.1 Å². The van der Waals surface area contributed by atoms with E-state index in [1.54, 1.807) is 6.21 Å². The Kier molecular flexibility index (Phi) is 4.00. The number of hydrogen-bond donors (Lipinski definition) is 2. The Morgan fingerprint density at radius 1 is 1.29 bits per heavy atom. The summed E-state index contributed by atoms with van der Waals surface area (Å²) in [5.74, 6) is 1.17. The second kappa shape index (κ2) is 6.45. The van der Waals surface area contributed by atoms with Crippen molar-refractivity contribution in [2.75, 3.05) is 19.7 Å². The quantitative estimate of drug-likeness (QED) is 0.736. The number of ether oxygens (including phenoxy) is 1. The Hall–Kier alpha value is -2.67. The van der Waals surface area contributed by atoms with Gasteiger partial charge in [0.2, 0.25) is 5.91 Å². The third-order valence-corrected chi connectivity index (χ3v) is 4.26. The van der Waals surface area contributed by atoms with Crippen LogP contribution in [0, 0.1) is 5.92 Å². The number of amidine groups is 1. The molecule has 2 bridgehead atoms. The molecule has 1 aromatic carbocycles. The lowest BCUT2D eigenvalue weighted by Crippen LogP contribution is -2.41. The Morgan fingerprint density at radius 2 is 2.21 bits per heavy atom. The number of hydrazine groups is 1. The molecule has 3 aliphatic heterocycles. The molecule has 1 fully saturated rings. The van der Waals surface area contributed by atoms with Gasteiger partial charge < -0.3 is 10.1 Å². The molecule has 3 heterocycles. The van der Waals surface area contributed by atoms with Gasteiger partial charge in [-0.05, 0) is 24.6 Å². The number of benzene rings is 1. The van der Waals surface area contributed by atoms with Crippen molar-refractivity contribution >= 4 is 18.0 Å². The topological polar surface area (TPSA) is 78.3 Å². The van der Waals surface area contributed by atoms with E-state index in [1.807, 2.05) is 41.6 Å². The number of para-hydroxylation sites is 1. The molecule has 2 atom stereocenters. The molecule has 24 heavy (non-hydrogen) atoms. The van der Waals surface area contributed by atoms with Gasteiger partial charge in [-0.25, -0.2) is 15.4 Å². The van der Waals surface area contributed by atoms with Gasteiger partial charge in [0.05, 0.1) is 12.5 Å². The van der Waals surface area contributed by atoms with Crippen LogP contribution in [0.2, 0.25) is 0 Å². The molecule has 0 radical (unpaired) electrons. The fourth-order valence-electron chi connectivity index (χ4n) is 2.97. The standard InChI is InChI=1S/C17H19N5O2/c23-17-13-11-20-22-8-6-15(21-16(13)22)19-10-12-4-1-2-5-14(12)24-9-3-7-18-17/h1-2,4-6,8,10,13,16,20H,3,7,9,11H2,(H,18,23). The first-order valence-corrected chi connectivity index (χ1v) is 8.13. The molecule has 124 valence electrons. The van der Waals surface area contributed by atoms with Crippen LogP contribution in [0.25, 0.3) is 0 Å². The third kappa shape index (κ3) is 2.90. The number of fused-ring (bicyclic) bond motifs is 1. The smallest absolute Gasteiger partial charge is 0.228 e. The predicted octanol–water partition coefficient (Wildman–Crippen LogP) is 0.692. The Morgan fingerprint density at radius 3 is 3.17 bits per heavy atom. The highest BCUT2D eigenvalue weighted by Gasteiger charge is 2.38. The maximum Gasteiger partial charge on any atom is 0.228 e. The molecule has 1 saturated heterocycles. The van der Waals surface area contributed by atoms with Gasteiger partial charge in [-0.2, -0.15) is 0 Å². The first-order chi connectivity index (χ1) is 11.8. The average molecular weight is 325 g/mol. The van der Waals surface area contributed by atoms with Crippen molar-refractivity contribution in [3.05, 3.63) is 42.1 Å². The zero-order valence-corrected chi connectivity index (χ0v) is 13.2. The SMILES string of the molecule is O=C1NCCCOc2ccccc2C=NC2=NC3C1CNN3C=C2. The van der Waals surface area contributed by atoms with Crippen LogP contribution < -0.4 is 15.5 Å². The molecule has 0 saturated carbocycles. The highest BCUT2D eigenvalue weighted by atomic mass is 16.5. The molecular formula is C17H19N5O2. The largest absolute Gasteiger partial charge is 0.493 e. The lowest BCUT2D eigenvalue weighted by Gasteiger charge is -2.25. The van der Waals surface area contributed by atoms with Crippen LogP contribution in [0.5, 0.6) is 5.75 Å². The summed E-state index contributed by atoms with van der Waals surface area (Å²) in [6.07, 6.45) is 5.97. The van der Waals surface area contributed by atoms with E-state index in [-0.39, 0.29) is 18.0 Å². The molecule has 7 heteroatoms. The molecule has 0 aromatic heterocycles. The van der Waals surface area contributed by atoms with E-state index in [0.717, 1.165) is 17.7 Å².